The lowest BCUT2D eigenvalue weighted by atomic mass is 10.1. The highest BCUT2D eigenvalue weighted by atomic mass is 32.2. The molecule has 0 radical (unpaired) electrons. The third kappa shape index (κ3) is 3.46. The number of thioether (sulfide) groups is 3. The van der Waals surface area contributed by atoms with Crippen LogP contribution in [0, 0.1) is 5.92 Å². The van der Waals surface area contributed by atoms with Crippen molar-refractivity contribution in [2.24, 2.45) is 5.92 Å². The SMILES string of the molecule is C1CC(C2NC(CSC3NNCS3)CS2)CO1. The van der Waals surface area contributed by atoms with Gasteiger partial charge in [0.15, 0.2) is 0 Å². The summed E-state index contributed by atoms with van der Waals surface area (Å²) in [5.41, 5.74) is 6.42. The van der Waals surface area contributed by atoms with Crippen molar-refractivity contribution in [3.05, 3.63) is 0 Å². The van der Waals surface area contributed by atoms with Gasteiger partial charge in [0, 0.05) is 30.1 Å². The van der Waals surface area contributed by atoms with E-state index >= 15 is 0 Å². The van der Waals surface area contributed by atoms with Crippen LogP contribution in [-0.2, 0) is 4.74 Å². The molecule has 4 nitrogen and oxygen atoms in total. The maximum atomic E-state index is 5.47. The topological polar surface area (TPSA) is 45.3 Å². The molecular weight excluding hydrogens is 274 g/mol. The Kier molecular flexibility index (Phi) is 4.83. The van der Waals surface area contributed by atoms with Crippen LogP contribution < -0.4 is 16.2 Å². The molecular formula is C10H19N3OS3. The number of ether oxygens (including phenoxy) is 1. The van der Waals surface area contributed by atoms with Crippen molar-refractivity contribution in [3.8, 4) is 0 Å². The molecule has 3 saturated heterocycles. The number of rotatable bonds is 4. The van der Waals surface area contributed by atoms with E-state index in [-0.39, 0.29) is 0 Å². The first-order chi connectivity index (χ1) is 8.42. The standard InChI is InChI=1S/C10H19N3OS3/c1-2-14-3-7(1)9-12-8(4-15-9)5-16-10-13-11-6-17-10/h7-13H,1-6H2. The van der Waals surface area contributed by atoms with Gasteiger partial charge < -0.3 is 10.1 Å². The zero-order valence-electron chi connectivity index (χ0n) is 9.69. The zero-order chi connectivity index (χ0) is 11.5. The quantitative estimate of drug-likeness (QED) is 0.711. The fraction of sp³-hybridized carbons (Fsp3) is 1.00. The van der Waals surface area contributed by atoms with Gasteiger partial charge in [-0.3, -0.25) is 0 Å². The van der Waals surface area contributed by atoms with E-state index in [9.17, 15) is 0 Å². The number of nitrogens with one attached hydrogen (secondary N) is 3. The zero-order valence-corrected chi connectivity index (χ0v) is 12.1. The van der Waals surface area contributed by atoms with Gasteiger partial charge in [-0.2, -0.15) is 0 Å². The highest BCUT2D eigenvalue weighted by molar-refractivity contribution is 8.17. The van der Waals surface area contributed by atoms with Crippen LogP contribution in [0.5, 0.6) is 0 Å². The molecule has 17 heavy (non-hydrogen) atoms. The smallest absolute Gasteiger partial charge is 0.114 e. The molecule has 0 aromatic rings. The summed E-state index contributed by atoms with van der Waals surface area (Å²) >= 11 is 6.03. The largest absolute Gasteiger partial charge is 0.381 e. The van der Waals surface area contributed by atoms with Crippen LogP contribution in [0.25, 0.3) is 0 Å². The van der Waals surface area contributed by atoms with Crippen LogP contribution >= 0.6 is 35.3 Å². The van der Waals surface area contributed by atoms with E-state index in [4.69, 9.17) is 4.74 Å². The summed E-state index contributed by atoms with van der Waals surface area (Å²) in [6.07, 6.45) is 1.23. The Bertz CT molecular complexity index is 247. The van der Waals surface area contributed by atoms with Gasteiger partial charge in [0.25, 0.3) is 0 Å². The molecule has 0 amide bonds. The van der Waals surface area contributed by atoms with Crippen LogP contribution in [0.3, 0.4) is 0 Å². The van der Waals surface area contributed by atoms with Crippen molar-refractivity contribution in [1.82, 2.24) is 16.2 Å². The second-order valence-corrected chi connectivity index (χ2v) is 8.24. The van der Waals surface area contributed by atoms with Crippen LogP contribution in [-0.4, -0.2) is 46.7 Å². The van der Waals surface area contributed by atoms with Gasteiger partial charge >= 0.3 is 0 Å². The minimum atomic E-state index is 0.524. The number of hydrogen-bond acceptors (Lipinski definition) is 7. The minimum Gasteiger partial charge on any atom is -0.381 e. The first kappa shape index (κ1) is 12.9. The average Bonchev–Trinajstić information content (AvgIpc) is 3.09. The average molecular weight is 293 g/mol. The Hall–Kier alpha value is 0.890. The summed E-state index contributed by atoms with van der Waals surface area (Å²) in [6.45, 7) is 1.91. The molecule has 3 N–H and O–H groups in total. The van der Waals surface area contributed by atoms with Crippen LogP contribution in [0.15, 0.2) is 0 Å². The van der Waals surface area contributed by atoms with Crippen LogP contribution in [0.1, 0.15) is 6.42 Å². The fourth-order valence-corrected chi connectivity index (χ4v) is 5.96. The highest BCUT2D eigenvalue weighted by Crippen LogP contribution is 2.32. The third-order valence-corrected chi connectivity index (χ3v) is 7.28. The Balaban J connectivity index is 1.38. The van der Waals surface area contributed by atoms with Crippen molar-refractivity contribution in [3.63, 3.8) is 0 Å². The van der Waals surface area contributed by atoms with Crippen LogP contribution in [0.4, 0.5) is 0 Å². The van der Waals surface area contributed by atoms with Gasteiger partial charge in [0.05, 0.1) is 17.9 Å². The normalized spacial score (nSPS) is 42.4. The third-order valence-electron chi connectivity index (χ3n) is 3.25. The molecule has 0 bridgehead atoms. The van der Waals surface area contributed by atoms with Crippen molar-refractivity contribution in [2.45, 2.75) is 22.5 Å². The van der Waals surface area contributed by atoms with Crippen molar-refractivity contribution >= 4 is 35.3 Å². The molecule has 0 aromatic carbocycles. The lowest BCUT2D eigenvalue weighted by Gasteiger charge is -2.18. The maximum absolute atomic E-state index is 5.47. The molecule has 3 heterocycles. The molecule has 3 aliphatic rings. The Morgan fingerprint density at radius 3 is 3.12 bits per heavy atom. The Morgan fingerprint density at radius 1 is 1.35 bits per heavy atom. The molecule has 0 aromatic heterocycles. The molecule has 3 rings (SSSR count). The van der Waals surface area contributed by atoms with Gasteiger partial charge in [0.1, 0.15) is 4.71 Å². The van der Waals surface area contributed by atoms with Gasteiger partial charge in [-0.05, 0) is 6.42 Å². The summed E-state index contributed by atoms with van der Waals surface area (Å²) in [5.74, 6) is 4.20. The molecule has 4 atom stereocenters. The van der Waals surface area contributed by atoms with Gasteiger partial charge in [-0.25, -0.2) is 10.9 Å². The molecule has 98 valence electrons. The number of hydrazine groups is 1. The second-order valence-electron chi connectivity index (χ2n) is 4.54. The van der Waals surface area contributed by atoms with E-state index in [1.54, 1.807) is 0 Å². The van der Waals surface area contributed by atoms with E-state index in [1.165, 1.54) is 17.9 Å². The van der Waals surface area contributed by atoms with E-state index < -0.39 is 0 Å². The summed E-state index contributed by atoms with van der Waals surface area (Å²) in [6, 6.07) is 0.665. The van der Waals surface area contributed by atoms with E-state index in [1.807, 2.05) is 23.5 Å². The highest BCUT2D eigenvalue weighted by Gasteiger charge is 2.33. The lowest BCUT2D eigenvalue weighted by Crippen LogP contribution is -2.37. The predicted octanol–water partition coefficient (Wildman–Crippen LogP) is 0.869. The molecule has 0 saturated carbocycles. The summed E-state index contributed by atoms with van der Waals surface area (Å²) in [5, 5.41) is 4.39. The minimum absolute atomic E-state index is 0.524. The first-order valence-electron chi connectivity index (χ1n) is 6.09. The lowest BCUT2D eigenvalue weighted by molar-refractivity contribution is 0.183. The molecule has 0 aliphatic carbocycles. The molecule has 3 fully saturated rings. The number of hydrogen-bond donors (Lipinski definition) is 3. The Labute approximate surface area is 115 Å². The van der Waals surface area contributed by atoms with E-state index in [0.717, 1.165) is 25.0 Å². The molecule has 0 spiro atoms. The van der Waals surface area contributed by atoms with E-state index in [2.05, 4.69) is 27.9 Å². The van der Waals surface area contributed by atoms with Gasteiger partial charge in [-0.1, -0.05) is 0 Å². The summed E-state index contributed by atoms with van der Waals surface area (Å²) in [4.78, 5) is 0. The summed E-state index contributed by atoms with van der Waals surface area (Å²) < 4.78 is 5.99. The van der Waals surface area contributed by atoms with Crippen LogP contribution in [0.2, 0.25) is 0 Å². The predicted molar refractivity (Wildman–Crippen MR) is 77.1 cm³/mol. The monoisotopic (exact) mass is 293 g/mol. The molecule has 7 heteroatoms. The van der Waals surface area contributed by atoms with Crippen molar-refractivity contribution in [2.75, 3.05) is 30.6 Å². The molecule has 4 unspecified atom stereocenters. The first-order valence-corrected chi connectivity index (χ1v) is 9.23. The maximum Gasteiger partial charge on any atom is 0.114 e. The summed E-state index contributed by atoms with van der Waals surface area (Å²) in [7, 11) is 0. The van der Waals surface area contributed by atoms with Gasteiger partial charge in [0.2, 0.25) is 0 Å². The van der Waals surface area contributed by atoms with Crippen molar-refractivity contribution < 1.29 is 4.74 Å². The Morgan fingerprint density at radius 2 is 2.35 bits per heavy atom. The van der Waals surface area contributed by atoms with Gasteiger partial charge in [-0.15, -0.1) is 35.3 Å². The van der Waals surface area contributed by atoms with Crippen molar-refractivity contribution in [1.29, 1.82) is 0 Å². The second kappa shape index (κ2) is 6.36. The van der Waals surface area contributed by atoms with E-state index in [0.29, 0.717) is 16.1 Å². The molecule has 3 aliphatic heterocycles. The fourth-order valence-electron chi connectivity index (χ4n) is 2.29.